The Bertz CT molecular complexity index is 102. The molecular weight excluding hydrogens is 203 g/mol. The van der Waals surface area contributed by atoms with E-state index in [-0.39, 0.29) is 0 Å². The number of aliphatic hydroxyl groups excluding tert-OH is 1. The molecule has 0 aliphatic rings. The maximum absolute atomic E-state index is 8.20. The monoisotopic (exact) mass is 218 g/mol. The van der Waals surface area contributed by atoms with Gasteiger partial charge in [-0.25, -0.2) is 0 Å². The second-order valence-corrected chi connectivity index (χ2v) is 6.98. The van der Waals surface area contributed by atoms with Crippen LogP contribution in [0.2, 0.25) is 0 Å². The minimum Gasteiger partial charge on any atom is -0.396 e. The van der Waals surface area contributed by atoms with Gasteiger partial charge in [-0.2, -0.15) is 0 Å². The van der Waals surface area contributed by atoms with Gasteiger partial charge < -0.3 is 14.9 Å². The van der Waals surface area contributed by atoms with Crippen molar-refractivity contribution in [1.82, 2.24) is 0 Å². The van der Waals surface area contributed by atoms with Gasteiger partial charge in [-0.05, 0) is 18.2 Å². The van der Waals surface area contributed by atoms with E-state index < -0.39 is 5.69 Å². The fraction of sp³-hybridized carbons (Fsp3) is 1.00. The zero-order chi connectivity index (χ0) is 9.33. The fourth-order valence-electron chi connectivity index (χ4n) is 0.362. The van der Waals surface area contributed by atoms with Crippen molar-refractivity contribution < 1.29 is 14.9 Å². The van der Waals surface area contributed by atoms with Gasteiger partial charge in [-0.15, -0.1) is 0 Å². The lowest BCUT2D eigenvalue weighted by Crippen LogP contribution is -1.78. The van der Waals surface area contributed by atoms with Gasteiger partial charge in [0.05, 0.1) is 0 Å². The quantitative estimate of drug-likeness (QED) is 0.327. The van der Waals surface area contributed by atoms with Crippen LogP contribution in [0.25, 0.3) is 0 Å². The van der Waals surface area contributed by atoms with E-state index >= 15 is 0 Å². The summed E-state index contributed by atoms with van der Waals surface area (Å²) in [4.78, 5) is 15.7. The molecule has 0 bridgehead atoms. The Kier molecular flexibility index (Phi) is 11.8. The second kappa shape index (κ2) is 8.97. The van der Waals surface area contributed by atoms with Crippen LogP contribution in [0.3, 0.4) is 0 Å². The Morgan fingerprint density at radius 1 is 1.36 bits per heavy atom. The fourth-order valence-corrected chi connectivity index (χ4v) is 0.362. The third kappa shape index (κ3) is 57.0. The van der Waals surface area contributed by atoms with Gasteiger partial charge in [-0.1, -0.05) is 32.0 Å². The zero-order valence-corrected chi connectivity index (χ0v) is 9.08. The number of unbranched alkanes of at least 4 members (excludes halogenated alkanes) is 2. The maximum atomic E-state index is 8.20. The van der Waals surface area contributed by atoms with Crippen molar-refractivity contribution in [2.75, 3.05) is 6.61 Å². The third-order valence-electron chi connectivity index (χ3n) is 0.762. The Morgan fingerprint density at radius 3 is 1.82 bits per heavy atom. The van der Waals surface area contributed by atoms with Crippen molar-refractivity contribution >= 4 is 29.7 Å². The van der Waals surface area contributed by atoms with Crippen LogP contribution in [0.15, 0.2) is 0 Å². The van der Waals surface area contributed by atoms with Crippen LogP contribution in [-0.2, 0) is 11.8 Å². The lowest BCUT2D eigenvalue weighted by molar-refractivity contribution is 0.284. The molecule has 0 spiro atoms. The molecule has 3 N–H and O–H groups in total. The molecule has 6 heteroatoms. The van der Waals surface area contributed by atoms with Gasteiger partial charge in [0.2, 0.25) is 5.69 Å². The van der Waals surface area contributed by atoms with Gasteiger partial charge in [0, 0.05) is 6.61 Å². The number of aliphatic hydroxyl groups is 1. The number of hydrogen-bond acceptors (Lipinski definition) is 2. The summed E-state index contributed by atoms with van der Waals surface area (Å²) in [5.41, 5.74) is -3.11. The lowest BCUT2D eigenvalue weighted by atomic mass is 10.3. The van der Waals surface area contributed by atoms with Crippen molar-refractivity contribution in [2.45, 2.75) is 26.2 Å². The van der Waals surface area contributed by atoms with Crippen molar-refractivity contribution in [3.63, 3.8) is 0 Å². The van der Waals surface area contributed by atoms with E-state index in [2.05, 4.69) is 31.0 Å². The molecule has 0 aromatic carbocycles. The summed E-state index contributed by atoms with van der Waals surface area (Å²) in [6.45, 7) is 2.48. The third-order valence-corrected chi connectivity index (χ3v) is 0.762. The van der Waals surface area contributed by atoms with Crippen molar-refractivity contribution in [2.24, 2.45) is 0 Å². The Morgan fingerprint density at radius 2 is 1.73 bits per heavy atom. The summed E-state index contributed by atoms with van der Waals surface area (Å²) in [5.74, 6) is 0. The first kappa shape index (κ1) is 14.4. The predicted octanol–water partition coefficient (Wildman–Crippen LogP) is 1.29. The minimum atomic E-state index is -3.11. The molecule has 0 aromatic heterocycles. The molecule has 70 valence electrons. The van der Waals surface area contributed by atoms with Gasteiger partial charge in [0.25, 0.3) is 0 Å². The second-order valence-electron chi connectivity index (χ2n) is 1.94. The Balaban J connectivity index is 0. The summed E-state index contributed by atoms with van der Waals surface area (Å²) in [5, 5.41) is 8.20. The highest BCUT2D eigenvalue weighted by atomic mass is 32.9. The molecule has 3 nitrogen and oxygen atoms in total. The number of rotatable bonds is 3. The van der Waals surface area contributed by atoms with E-state index in [0.29, 0.717) is 6.61 Å². The summed E-state index contributed by atoms with van der Waals surface area (Å²) in [6.07, 6.45) is 3.33. The van der Waals surface area contributed by atoms with Crippen LogP contribution in [0.5, 0.6) is 0 Å². The largest absolute Gasteiger partial charge is 0.396 e. The topological polar surface area (TPSA) is 60.7 Å². The van der Waals surface area contributed by atoms with Gasteiger partial charge in [0.15, 0.2) is 0 Å². The maximum Gasteiger partial charge on any atom is 0.239 e. The smallest absolute Gasteiger partial charge is 0.239 e. The normalized spacial score (nSPS) is 10.3. The lowest BCUT2D eigenvalue weighted by Gasteiger charge is -1.88. The average Bonchev–Trinajstić information content (AvgIpc) is 1.79. The van der Waals surface area contributed by atoms with E-state index in [1.807, 2.05) is 0 Å². The Labute approximate surface area is 77.8 Å². The summed E-state index contributed by atoms with van der Waals surface area (Å²) in [7, 11) is 0. The van der Waals surface area contributed by atoms with Crippen LogP contribution >= 0.6 is 17.9 Å². The molecule has 0 aromatic rings. The molecule has 0 aliphatic heterocycles. The van der Waals surface area contributed by atoms with Crippen LogP contribution in [-0.4, -0.2) is 21.5 Å². The SMILES string of the molecule is CCCCCO.OP(O)(=S)S. The van der Waals surface area contributed by atoms with Gasteiger partial charge in [-0.3, -0.25) is 0 Å². The highest BCUT2D eigenvalue weighted by Crippen LogP contribution is 2.39. The molecule has 0 rings (SSSR count). The van der Waals surface area contributed by atoms with Gasteiger partial charge >= 0.3 is 0 Å². The van der Waals surface area contributed by atoms with E-state index in [0.717, 1.165) is 12.8 Å². The van der Waals surface area contributed by atoms with Crippen molar-refractivity contribution in [1.29, 1.82) is 0 Å². The first-order valence-corrected chi connectivity index (χ1v) is 7.17. The van der Waals surface area contributed by atoms with Gasteiger partial charge in [0.1, 0.15) is 0 Å². The van der Waals surface area contributed by atoms with E-state index in [9.17, 15) is 0 Å². The highest BCUT2D eigenvalue weighted by Gasteiger charge is 1.90. The number of thiol groups is 1. The molecule has 0 aliphatic carbocycles. The molecule has 0 radical (unpaired) electrons. The van der Waals surface area contributed by atoms with Crippen molar-refractivity contribution in [3.8, 4) is 0 Å². The van der Waals surface area contributed by atoms with E-state index in [4.69, 9.17) is 14.9 Å². The van der Waals surface area contributed by atoms with E-state index in [1.54, 1.807) is 0 Å². The summed E-state index contributed by atoms with van der Waals surface area (Å²) >= 11 is 7.07. The van der Waals surface area contributed by atoms with Crippen LogP contribution in [0.1, 0.15) is 26.2 Å². The van der Waals surface area contributed by atoms with Crippen LogP contribution in [0, 0.1) is 0 Å². The molecule has 0 heterocycles. The molecule has 0 amide bonds. The molecule has 0 atom stereocenters. The summed E-state index contributed by atoms with van der Waals surface area (Å²) in [6, 6.07) is 0. The van der Waals surface area contributed by atoms with E-state index in [1.165, 1.54) is 6.42 Å². The van der Waals surface area contributed by atoms with Crippen LogP contribution in [0.4, 0.5) is 0 Å². The standard InChI is InChI=1S/C5H12O.H3O2PS2/c1-2-3-4-5-6;1-3(2,4)5/h6H,2-5H2,1H3;(H3,1,2,4,5). The first-order chi connectivity index (χ1) is 4.91. The van der Waals surface area contributed by atoms with Crippen LogP contribution < -0.4 is 0 Å². The molecule has 0 saturated heterocycles. The Hall–Kier alpha value is 0.880. The molecule has 0 fully saturated rings. The molecule has 0 saturated carbocycles. The molecular formula is C5H15O3PS2. The minimum absolute atomic E-state index is 0.355. The first-order valence-electron chi connectivity index (χ1n) is 3.31. The number of hydrogen-bond donors (Lipinski definition) is 4. The average molecular weight is 218 g/mol. The molecule has 0 unspecified atom stereocenters. The predicted molar refractivity (Wildman–Crippen MR) is 54.3 cm³/mol. The highest BCUT2D eigenvalue weighted by molar-refractivity contribution is 8.59. The van der Waals surface area contributed by atoms with Crippen molar-refractivity contribution in [3.05, 3.63) is 0 Å². The molecule has 11 heavy (non-hydrogen) atoms. The summed E-state index contributed by atoms with van der Waals surface area (Å²) < 4.78 is 0. The zero-order valence-electron chi connectivity index (χ0n) is 6.47.